The van der Waals surface area contributed by atoms with Gasteiger partial charge in [-0.3, -0.25) is 9.20 Å². The molecule has 1 amide bonds. The zero-order valence-electron chi connectivity index (χ0n) is 14.1. The summed E-state index contributed by atoms with van der Waals surface area (Å²) in [5, 5.41) is 3.77. The van der Waals surface area contributed by atoms with Crippen molar-refractivity contribution in [2.45, 2.75) is 23.1 Å². The van der Waals surface area contributed by atoms with Crippen LogP contribution in [0.3, 0.4) is 0 Å². The van der Waals surface area contributed by atoms with Crippen molar-refractivity contribution in [3.63, 3.8) is 0 Å². The summed E-state index contributed by atoms with van der Waals surface area (Å²) in [7, 11) is -3.67. The van der Waals surface area contributed by atoms with E-state index in [-0.39, 0.29) is 21.8 Å². The molecule has 0 fully saturated rings. The third kappa shape index (κ3) is 4.23. The first-order chi connectivity index (χ1) is 12.4. The van der Waals surface area contributed by atoms with Gasteiger partial charge in [-0.2, -0.15) is 0 Å². The molecule has 26 heavy (non-hydrogen) atoms. The van der Waals surface area contributed by atoms with E-state index < -0.39 is 10.0 Å². The Kier molecular flexibility index (Phi) is 5.61. The Morgan fingerprint density at radius 2 is 2.19 bits per heavy atom. The van der Waals surface area contributed by atoms with Gasteiger partial charge >= 0.3 is 0 Å². The van der Waals surface area contributed by atoms with Gasteiger partial charge in [0.25, 0.3) is 10.0 Å². The van der Waals surface area contributed by atoms with Crippen LogP contribution in [0.25, 0.3) is 5.65 Å². The van der Waals surface area contributed by atoms with Gasteiger partial charge in [0.05, 0.1) is 10.7 Å². The maximum atomic E-state index is 12.5. The maximum Gasteiger partial charge on any atom is 0.252 e. The number of hydrogen-bond acceptors (Lipinski definition) is 7. The van der Waals surface area contributed by atoms with Crippen LogP contribution < -0.4 is 10.0 Å². The molecule has 3 rings (SSSR count). The fraction of sp³-hybridized carbons (Fsp3) is 0.267. The Morgan fingerprint density at radius 3 is 2.96 bits per heavy atom. The zero-order chi connectivity index (χ0) is 18.7. The minimum absolute atomic E-state index is 0.114. The van der Waals surface area contributed by atoms with E-state index in [1.165, 1.54) is 18.7 Å². The number of imidazole rings is 1. The number of carbonyl (C=O) groups is 1. The Hall–Kier alpha value is -1.95. The van der Waals surface area contributed by atoms with Gasteiger partial charge in [-0.15, -0.1) is 11.8 Å². The summed E-state index contributed by atoms with van der Waals surface area (Å²) in [6, 6.07) is 5.78. The van der Waals surface area contributed by atoms with Crippen molar-refractivity contribution in [3.05, 3.63) is 36.3 Å². The highest BCUT2D eigenvalue weighted by molar-refractivity contribution is 7.99. The minimum atomic E-state index is -3.67. The predicted octanol–water partition coefficient (Wildman–Crippen LogP) is 2.13. The molecule has 3 aromatic heterocycles. The second kappa shape index (κ2) is 7.74. The molecule has 138 valence electrons. The molecular formula is C15H17N5O3S3. The van der Waals surface area contributed by atoms with Crippen molar-refractivity contribution in [2.24, 2.45) is 0 Å². The number of fused-ring (bicyclic) bond motifs is 1. The standard InChI is InChI=1S/C15H17N5O3S3/c1-10-14(25-15(18-10)19-11(2)21)26(22,23)17-7-9-24-13-5-3-4-12-16-6-8-20(12)13/h3-6,8,17H,7,9H2,1-2H3,(H,18,19,21). The molecule has 8 nitrogen and oxygen atoms in total. The van der Waals surface area contributed by atoms with Gasteiger partial charge in [-0.05, 0) is 19.1 Å². The van der Waals surface area contributed by atoms with Crippen molar-refractivity contribution in [1.82, 2.24) is 19.1 Å². The third-order valence-electron chi connectivity index (χ3n) is 3.32. The van der Waals surface area contributed by atoms with Crippen LogP contribution in [0.2, 0.25) is 0 Å². The lowest BCUT2D eigenvalue weighted by atomic mass is 10.5. The topological polar surface area (TPSA) is 105 Å². The number of amides is 1. The van der Waals surface area contributed by atoms with E-state index in [2.05, 4.69) is 20.0 Å². The van der Waals surface area contributed by atoms with Gasteiger partial charge in [0.15, 0.2) is 9.34 Å². The number of rotatable bonds is 7. The molecule has 11 heteroatoms. The molecule has 0 unspecified atom stereocenters. The van der Waals surface area contributed by atoms with E-state index >= 15 is 0 Å². The maximum absolute atomic E-state index is 12.5. The van der Waals surface area contributed by atoms with Crippen LogP contribution in [0.4, 0.5) is 5.13 Å². The van der Waals surface area contributed by atoms with Crippen LogP contribution in [0.5, 0.6) is 0 Å². The number of anilines is 1. The molecule has 0 atom stereocenters. The first kappa shape index (κ1) is 18.8. The summed E-state index contributed by atoms with van der Waals surface area (Å²) in [5.74, 6) is 0.271. The molecule has 3 aromatic rings. The van der Waals surface area contributed by atoms with Crippen molar-refractivity contribution in [3.8, 4) is 0 Å². The second-order valence-corrected chi connectivity index (χ2v) is 9.42. The van der Waals surface area contributed by atoms with Crippen molar-refractivity contribution < 1.29 is 13.2 Å². The number of aromatic nitrogens is 3. The molecule has 0 aliphatic carbocycles. The van der Waals surface area contributed by atoms with E-state index in [0.717, 1.165) is 22.0 Å². The summed E-state index contributed by atoms with van der Waals surface area (Å²) in [5.41, 5.74) is 1.21. The molecular weight excluding hydrogens is 394 g/mol. The number of nitrogens with one attached hydrogen (secondary N) is 2. The number of pyridine rings is 1. The van der Waals surface area contributed by atoms with Crippen molar-refractivity contribution in [2.75, 3.05) is 17.6 Å². The lowest BCUT2D eigenvalue weighted by molar-refractivity contribution is -0.114. The molecule has 0 aliphatic rings. The fourth-order valence-corrected chi connectivity index (χ4v) is 5.82. The molecule has 0 aliphatic heterocycles. The van der Waals surface area contributed by atoms with E-state index in [1.54, 1.807) is 13.1 Å². The molecule has 0 spiro atoms. The molecule has 0 saturated heterocycles. The van der Waals surface area contributed by atoms with E-state index in [4.69, 9.17) is 0 Å². The van der Waals surface area contributed by atoms with E-state index in [0.29, 0.717) is 11.4 Å². The number of thiazole rings is 1. The Labute approximate surface area is 159 Å². The molecule has 0 aromatic carbocycles. The van der Waals surface area contributed by atoms with Crippen LogP contribution in [0.1, 0.15) is 12.6 Å². The summed E-state index contributed by atoms with van der Waals surface area (Å²) < 4.78 is 29.6. The molecule has 0 radical (unpaired) electrons. The minimum Gasteiger partial charge on any atom is -0.302 e. The Morgan fingerprint density at radius 1 is 1.38 bits per heavy atom. The quantitative estimate of drug-likeness (QED) is 0.456. The summed E-state index contributed by atoms with van der Waals surface area (Å²) in [4.78, 5) is 19.4. The summed E-state index contributed by atoms with van der Waals surface area (Å²) in [6.45, 7) is 3.22. The van der Waals surface area contributed by atoms with Crippen LogP contribution in [0.15, 0.2) is 39.8 Å². The van der Waals surface area contributed by atoms with Crippen molar-refractivity contribution >= 4 is 49.8 Å². The zero-order valence-corrected chi connectivity index (χ0v) is 16.5. The van der Waals surface area contributed by atoms with E-state index in [9.17, 15) is 13.2 Å². The normalized spacial score (nSPS) is 11.8. The molecule has 3 heterocycles. The van der Waals surface area contributed by atoms with Crippen LogP contribution >= 0.6 is 23.1 Å². The number of aryl methyl sites for hydroxylation is 1. The first-order valence-corrected chi connectivity index (χ1v) is 10.9. The lowest BCUT2D eigenvalue weighted by Gasteiger charge is -2.07. The van der Waals surface area contributed by atoms with Crippen LogP contribution in [-0.4, -0.2) is 41.0 Å². The number of sulfonamides is 1. The van der Waals surface area contributed by atoms with Gasteiger partial charge in [0.2, 0.25) is 5.91 Å². The SMILES string of the molecule is CC(=O)Nc1nc(C)c(S(=O)(=O)NCCSc2cccc3nccn23)s1. The largest absolute Gasteiger partial charge is 0.302 e. The average Bonchev–Trinajstić information content (AvgIpc) is 3.18. The Bertz CT molecular complexity index is 1040. The number of carbonyl (C=O) groups excluding carboxylic acids is 1. The lowest BCUT2D eigenvalue weighted by Crippen LogP contribution is -2.26. The highest BCUT2D eigenvalue weighted by Gasteiger charge is 2.21. The van der Waals surface area contributed by atoms with Gasteiger partial charge < -0.3 is 5.32 Å². The molecule has 2 N–H and O–H groups in total. The van der Waals surface area contributed by atoms with Crippen LogP contribution in [-0.2, 0) is 14.8 Å². The highest BCUT2D eigenvalue weighted by atomic mass is 32.2. The van der Waals surface area contributed by atoms with E-state index in [1.807, 2.05) is 28.8 Å². The average molecular weight is 412 g/mol. The van der Waals surface area contributed by atoms with Gasteiger partial charge in [0.1, 0.15) is 5.65 Å². The van der Waals surface area contributed by atoms with Gasteiger partial charge in [-0.1, -0.05) is 17.4 Å². The molecule has 0 saturated carbocycles. The molecule has 0 bridgehead atoms. The number of thioether (sulfide) groups is 1. The number of hydrogen-bond donors (Lipinski definition) is 2. The summed E-state index contributed by atoms with van der Waals surface area (Å²) in [6.07, 6.45) is 3.59. The van der Waals surface area contributed by atoms with Crippen molar-refractivity contribution in [1.29, 1.82) is 0 Å². The summed E-state index contributed by atoms with van der Waals surface area (Å²) >= 11 is 2.47. The number of nitrogens with zero attached hydrogens (tertiary/aromatic N) is 3. The monoisotopic (exact) mass is 411 g/mol. The third-order valence-corrected chi connectivity index (χ3v) is 7.50. The highest BCUT2D eigenvalue weighted by Crippen LogP contribution is 2.27. The fourth-order valence-electron chi connectivity index (χ4n) is 2.27. The van der Waals surface area contributed by atoms with Crippen LogP contribution in [0, 0.1) is 6.92 Å². The van der Waals surface area contributed by atoms with Gasteiger partial charge in [-0.25, -0.2) is 23.1 Å². The predicted molar refractivity (Wildman–Crippen MR) is 102 cm³/mol. The Balaban J connectivity index is 1.61. The smallest absolute Gasteiger partial charge is 0.252 e. The van der Waals surface area contributed by atoms with Gasteiger partial charge in [0, 0.05) is 31.6 Å². The second-order valence-electron chi connectivity index (χ2n) is 5.34. The first-order valence-electron chi connectivity index (χ1n) is 7.66.